The average Bonchev–Trinajstić information content (AvgIpc) is 3.02. The Hall–Kier alpha value is -2.15. The number of nitrogens with one attached hydrogen (secondary N) is 1. The van der Waals surface area contributed by atoms with Crippen LogP contribution >= 0.6 is 11.3 Å². The van der Waals surface area contributed by atoms with E-state index in [0.29, 0.717) is 24.9 Å². The molecular weight excluding hydrogens is 276 g/mol. The highest BCUT2D eigenvalue weighted by atomic mass is 32.1. The fourth-order valence-corrected chi connectivity index (χ4v) is 2.69. The zero-order valence-electron chi connectivity index (χ0n) is 11.2. The molecule has 104 valence electrons. The lowest BCUT2D eigenvalue weighted by Crippen LogP contribution is -2.00. The van der Waals surface area contributed by atoms with Crippen LogP contribution in [-0.2, 0) is 6.54 Å². The van der Waals surface area contributed by atoms with Gasteiger partial charge in [0.25, 0.3) is 0 Å². The van der Waals surface area contributed by atoms with Crippen LogP contribution < -0.4 is 10.1 Å². The normalized spacial score (nSPS) is 10.9. The molecule has 0 amide bonds. The highest BCUT2D eigenvalue weighted by molar-refractivity contribution is 7.22. The number of aryl methyl sites for hydroxylation is 1. The maximum atomic E-state index is 5.48. The van der Waals surface area contributed by atoms with Crippen LogP contribution in [0.25, 0.3) is 10.2 Å². The Kier molecular flexibility index (Phi) is 3.51. The number of benzene rings is 1. The van der Waals surface area contributed by atoms with E-state index in [0.717, 1.165) is 21.1 Å². The SMILES string of the molecule is CCOc1ccc2nc(NCc3noc(C)n3)sc2c1. The Morgan fingerprint density at radius 2 is 2.25 bits per heavy atom. The third kappa shape index (κ3) is 2.72. The Morgan fingerprint density at radius 1 is 1.35 bits per heavy atom. The monoisotopic (exact) mass is 290 g/mol. The second kappa shape index (κ2) is 5.46. The fourth-order valence-electron chi connectivity index (χ4n) is 1.80. The average molecular weight is 290 g/mol. The molecule has 1 aromatic carbocycles. The van der Waals surface area contributed by atoms with Gasteiger partial charge in [-0.05, 0) is 25.1 Å². The third-order valence-electron chi connectivity index (χ3n) is 2.64. The van der Waals surface area contributed by atoms with Gasteiger partial charge in [0.2, 0.25) is 5.89 Å². The van der Waals surface area contributed by atoms with E-state index >= 15 is 0 Å². The molecule has 0 saturated carbocycles. The maximum absolute atomic E-state index is 5.48. The van der Waals surface area contributed by atoms with Crippen LogP contribution in [-0.4, -0.2) is 21.7 Å². The van der Waals surface area contributed by atoms with Crippen molar-refractivity contribution in [3.63, 3.8) is 0 Å². The highest BCUT2D eigenvalue weighted by Crippen LogP contribution is 2.29. The molecule has 20 heavy (non-hydrogen) atoms. The van der Waals surface area contributed by atoms with Crippen molar-refractivity contribution in [3.05, 3.63) is 29.9 Å². The van der Waals surface area contributed by atoms with Crippen molar-refractivity contribution in [2.75, 3.05) is 11.9 Å². The summed E-state index contributed by atoms with van der Waals surface area (Å²) < 4.78 is 11.5. The number of ether oxygens (including phenoxy) is 1. The fraction of sp³-hybridized carbons (Fsp3) is 0.308. The van der Waals surface area contributed by atoms with Crippen LogP contribution in [0, 0.1) is 6.92 Å². The van der Waals surface area contributed by atoms with Gasteiger partial charge in [0.15, 0.2) is 11.0 Å². The first kappa shape index (κ1) is 12.9. The molecule has 0 radical (unpaired) electrons. The zero-order valence-corrected chi connectivity index (χ0v) is 12.0. The van der Waals surface area contributed by atoms with Crippen LogP contribution in [0.15, 0.2) is 22.7 Å². The van der Waals surface area contributed by atoms with Gasteiger partial charge < -0.3 is 14.6 Å². The lowest BCUT2D eigenvalue weighted by molar-refractivity contribution is 0.341. The summed E-state index contributed by atoms with van der Waals surface area (Å²) in [6.07, 6.45) is 0. The zero-order chi connectivity index (χ0) is 13.9. The molecule has 6 nitrogen and oxygen atoms in total. The van der Waals surface area contributed by atoms with Gasteiger partial charge in [-0.25, -0.2) is 4.98 Å². The largest absolute Gasteiger partial charge is 0.494 e. The summed E-state index contributed by atoms with van der Waals surface area (Å²) in [4.78, 5) is 8.64. The first-order valence-electron chi connectivity index (χ1n) is 6.31. The van der Waals surface area contributed by atoms with Gasteiger partial charge in [-0.15, -0.1) is 0 Å². The van der Waals surface area contributed by atoms with E-state index in [-0.39, 0.29) is 0 Å². The van der Waals surface area contributed by atoms with Crippen molar-refractivity contribution in [1.29, 1.82) is 0 Å². The predicted molar refractivity (Wildman–Crippen MR) is 77.2 cm³/mol. The van der Waals surface area contributed by atoms with E-state index < -0.39 is 0 Å². The van der Waals surface area contributed by atoms with Gasteiger partial charge in [0.1, 0.15) is 5.75 Å². The van der Waals surface area contributed by atoms with Gasteiger partial charge in [0.05, 0.1) is 23.4 Å². The van der Waals surface area contributed by atoms with Crippen molar-refractivity contribution in [2.45, 2.75) is 20.4 Å². The lowest BCUT2D eigenvalue weighted by atomic mass is 10.3. The molecule has 0 bridgehead atoms. The van der Waals surface area contributed by atoms with Crippen molar-refractivity contribution in [3.8, 4) is 5.75 Å². The first-order valence-corrected chi connectivity index (χ1v) is 7.12. The lowest BCUT2D eigenvalue weighted by Gasteiger charge is -2.00. The van der Waals surface area contributed by atoms with Crippen molar-refractivity contribution in [2.24, 2.45) is 0 Å². The molecule has 0 atom stereocenters. The van der Waals surface area contributed by atoms with Crippen LogP contribution in [0.4, 0.5) is 5.13 Å². The molecule has 2 aromatic heterocycles. The molecule has 0 aliphatic rings. The Morgan fingerprint density at radius 3 is 3.00 bits per heavy atom. The highest BCUT2D eigenvalue weighted by Gasteiger charge is 2.07. The number of fused-ring (bicyclic) bond motifs is 1. The van der Waals surface area contributed by atoms with Gasteiger partial charge in [-0.2, -0.15) is 4.98 Å². The second-order valence-corrected chi connectivity index (χ2v) is 5.20. The summed E-state index contributed by atoms with van der Waals surface area (Å²) in [5.41, 5.74) is 0.949. The summed E-state index contributed by atoms with van der Waals surface area (Å²) in [5, 5.41) is 7.86. The van der Waals surface area contributed by atoms with E-state index in [1.165, 1.54) is 0 Å². The summed E-state index contributed by atoms with van der Waals surface area (Å²) in [5.74, 6) is 2.05. The molecule has 7 heteroatoms. The summed E-state index contributed by atoms with van der Waals surface area (Å²) >= 11 is 1.57. The van der Waals surface area contributed by atoms with E-state index in [4.69, 9.17) is 9.26 Å². The molecule has 0 aliphatic heterocycles. The summed E-state index contributed by atoms with van der Waals surface area (Å²) in [6, 6.07) is 5.89. The smallest absolute Gasteiger partial charge is 0.223 e. The van der Waals surface area contributed by atoms with Gasteiger partial charge in [0, 0.05) is 6.92 Å². The van der Waals surface area contributed by atoms with Crippen molar-refractivity contribution in [1.82, 2.24) is 15.1 Å². The van der Waals surface area contributed by atoms with Crippen molar-refractivity contribution < 1.29 is 9.26 Å². The molecule has 3 aromatic rings. The van der Waals surface area contributed by atoms with E-state index in [1.54, 1.807) is 18.3 Å². The minimum Gasteiger partial charge on any atom is -0.494 e. The number of thiazole rings is 1. The standard InChI is InChI=1S/C13H14N4O2S/c1-3-18-9-4-5-10-11(6-9)20-13(16-10)14-7-12-15-8(2)19-17-12/h4-6H,3,7H2,1-2H3,(H,14,16). The van der Waals surface area contributed by atoms with Gasteiger partial charge in [-0.3, -0.25) is 0 Å². The van der Waals surface area contributed by atoms with Crippen LogP contribution in [0.2, 0.25) is 0 Å². The Bertz CT molecular complexity index is 722. The third-order valence-corrected chi connectivity index (χ3v) is 3.61. The molecule has 1 N–H and O–H groups in total. The minimum absolute atomic E-state index is 0.496. The number of aromatic nitrogens is 3. The van der Waals surface area contributed by atoms with Gasteiger partial charge in [-0.1, -0.05) is 16.5 Å². The van der Waals surface area contributed by atoms with Crippen LogP contribution in [0.3, 0.4) is 0 Å². The number of hydrogen-bond donors (Lipinski definition) is 1. The molecule has 2 heterocycles. The summed E-state index contributed by atoms with van der Waals surface area (Å²) in [7, 11) is 0. The Labute approximate surface area is 119 Å². The number of anilines is 1. The number of nitrogens with zero attached hydrogens (tertiary/aromatic N) is 3. The van der Waals surface area contributed by atoms with Crippen LogP contribution in [0.1, 0.15) is 18.6 Å². The molecule has 0 fully saturated rings. The quantitative estimate of drug-likeness (QED) is 0.778. The van der Waals surface area contributed by atoms with E-state index in [1.807, 2.05) is 25.1 Å². The number of hydrogen-bond acceptors (Lipinski definition) is 7. The molecule has 0 saturated heterocycles. The van der Waals surface area contributed by atoms with E-state index in [9.17, 15) is 0 Å². The number of rotatable bonds is 5. The predicted octanol–water partition coefficient (Wildman–Crippen LogP) is 3.00. The molecule has 0 aliphatic carbocycles. The molecule has 3 rings (SSSR count). The summed E-state index contributed by atoms with van der Waals surface area (Å²) in [6.45, 7) is 4.89. The van der Waals surface area contributed by atoms with E-state index in [2.05, 4.69) is 20.4 Å². The molecule has 0 unspecified atom stereocenters. The molecule has 0 spiro atoms. The van der Waals surface area contributed by atoms with Crippen molar-refractivity contribution >= 4 is 26.7 Å². The Balaban J connectivity index is 1.75. The second-order valence-electron chi connectivity index (χ2n) is 4.16. The van der Waals surface area contributed by atoms with Gasteiger partial charge >= 0.3 is 0 Å². The maximum Gasteiger partial charge on any atom is 0.223 e. The van der Waals surface area contributed by atoms with Crippen LogP contribution in [0.5, 0.6) is 5.75 Å². The molecular formula is C13H14N4O2S. The minimum atomic E-state index is 0.496. The topological polar surface area (TPSA) is 73.1 Å². The first-order chi connectivity index (χ1) is 9.74.